The number of hydrogen-bond acceptors (Lipinski definition) is 4. The molecule has 0 aliphatic carbocycles. The molecule has 0 radical (unpaired) electrons. The van der Waals surface area contributed by atoms with Crippen molar-refractivity contribution < 1.29 is 4.74 Å². The number of aromatic nitrogens is 1. The summed E-state index contributed by atoms with van der Waals surface area (Å²) in [7, 11) is 0. The van der Waals surface area contributed by atoms with Crippen molar-refractivity contribution in [3.05, 3.63) is 66.0 Å². The van der Waals surface area contributed by atoms with Crippen LogP contribution in [-0.2, 0) is 17.0 Å². The Morgan fingerprint density at radius 3 is 2.70 bits per heavy atom. The van der Waals surface area contributed by atoms with Crippen LogP contribution < -0.4 is 0 Å². The zero-order chi connectivity index (χ0) is 16.1. The number of nitrogens with zero attached hydrogens (tertiary/aromatic N) is 3. The predicted octanol–water partition coefficient (Wildman–Crippen LogP) is 3.46. The molecule has 23 heavy (non-hydrogen) atoms. The molecule has 3 rings (SSSR count). The van der Waals surface area contributed by atoms with Crippen LogP contribution in [0.5, 0.6) is 0 Å². The molecule has 0 amide bonds. The fraction of sp³-hybridized carbons (Fsp3) is 0.368. The zero-order valence-electron chi connectivity index (χ0n) is 13.4. The highest BCUT2D eigenvalue weighted by Gasteiger charge is 2.44. The molecule has 4 nitrogen and oxygen atoms in total. The van der Waals surface area contributed by atoms with Crippen LogP contribution >= 0.6 is 0 Å². The SMILES string of the molecule is C[C@]1(c2ccncc2)OC[C@@H](CCC#N)N1Cc1ccccc1. The third kappa shape index (κ3) is 3.26. The molecule has 1 aromatic carbocycles. The molecule has 1 aliphatic rings. The van der Waals surface area contributed by atoms with Crippen molar-refractivity contribution in [3.63, 3.8) is 0 Å². The number of ether oxygens (including phenoxy) is 1. The van der Waals surface area contributed by atoms with Crippen LogP contribution in [0.3, 0.4) is 0 Å². The van der Waals surface area contributed by atoms with Gasteiger partial charge in [-0.1, -0.05) is 30.3 Å². The van der Waals surface area contributed by atoms with E-state index in [1.54, 1.807) is 12.4 Å². The summed E-state index contributed by atoms with van der Waals surface area (Å²) in [6.07, 6.45) is 4.97. The molecule has 0 saturated carbocycles. The summed E-state index contributed by atoms with van der Waals surface area (Å²) >= 11 is 0. The summed E-state index contributed by atoms with van der Waals surface area (Å²) in [5, 5.41) is 8.93. The van der Waals surface area contributed by atoms with E-state index >= 15 is 0 Å². The maximum atomic E-state index is 8.93. The van der Waals surface area contributed by atoms with E-state index in [1.807, 2.05) is 18.2 Å². The molecule has 2 atom stereocenters. The van der Waals surface area contributed by atoms with Crippen LogP contribution in [0.2, 0.25) is 0 Å². The summed E-state index contributed by atoms with van der Waals surface area (Å²) in [5.74, 6) is 0. The molecule has 0 unspecified atom stereocenters. The second-order valence-electron chi connectivity index (χ2n) is 5.99. The lowest BCUT2D eigenvalue weighted by molar-refractivity contribution is -0.0807. The van der Waals surface area contributed by atoms with E-state index in [1.165, 1.54) is 5.56 Å². The molecule has 2 heterocycles. The van der Waals surface area contributed by atoms with Gasteiger partial charge in [-0.25, -0.2) is 0 Å². The second-order valence-corrected chi connectivity index (χ2v) is 5.99. The number of pyridine rings is 1. The highest BCUT2D eigenvalue weighted by molar-refractivity contribution is 5.22. The molecule has 0 spiro atoms. The normalized spacial score (nSPS) is 24.4. The van der Waals surface area contributed by atoms with Gasteiger partial charge in [-0.2, -0.15) is 5.26 Å². The highest BCUT2D eigenvalue weighted by Crippen LogP contribution is 2.39. The summed E-state index contributed by atoms with van der Waals surface area (Å²) in [6.45, 7) is 3.56. The molecule has 0 N–H and O–H groups in total. The van der Waals surface area contributed by atoms with Crippen LogP contribution in [-0.4, -0.2) is 22.5 Å². The molecule has 118 valence electrons. The lowest BCUT2D eigenvalue weighted by Crippen LogP contribution is -2.43. The van der Waals surface area contributed by atoms with Crippen molar-refractivity contribution in [2.45, 2.75) is 38.1 Å². The quantitative estimate of drug-likeness (QED) is 0.849. The fourth-order valence-electron chi connectivity index (χ4n) is 3.22. The minimum Gasteiger partial charge on any atom is -0.355 e. The minimum absolute atomic E-state index is 0.244. The Bertz CT molecular complexity index is 668. The average Bonchev–Trinajstić information content (AvgIpc) is 2.92. The third-order valence-corrected chi connectivity index (χ3v) is 4.55. The van der Waals surface area contributed by atoms with Crippen molar-refractivity contribution in [3.8, 4) is 6.07 Å². The molecule has 1 fully saturated rings. The van der Waals surface area contributed by atoms with Crippen LogP contribution in [0.25, 0.3) is 0 Å². The van der Waals surface area contributed by atoms with Crippen LogP contribution in [0.4, 0.5) is 0 Å². The van der Waals surface area contributed by atoms with E-state index < -0.39 is 5.72 Å². The Labute approximate surface area is 137 Å². The van der Waals surface area contributed by atoms with Crippen molar-refractivity contribution >= 4 is 0 Å². The zero-order valence-corrected chi connectivity index (χ0v) is 13.4. The molecule has 1 aromatic heterocycles. The summed E-state index contributed by atoms with van der Waals surface area (Å²) in [4.78, 5) is 6.48. The number of benzene rings is 1. The third-order valence-electron chi connectivity index (χ3n) is 4.55. The Kier molecular flexibility index (Phi) is 4.71. The average molecular weight is 307 g/mol. The van der Waals surface area contributed by atoms with Gasteiger partial charge in [0.2, 0.25) is 0 Å². The monoisotopic (exact) mass is 307 g/mol. The van der Waals surface area contributed by atoms with Crippen molar-refractivity contribution in [2.24, 2.45) is 0 Å². The Morgan fingerprint density at radius 2 is 2.00 bits per heavy atom. The maximum absolute atomic E-state index is 8.93. The number of rotatable bonds is 5. The topological polar surface area (TPSA) is 49.1 Å². The van der Waals surface area contributed by atoms with Gasteiger partial charge in [0.15, 0.2) is 0 Å². The molecule has 1 saturated heterocycles. The lowest BCUT2D eigenvalue weighted by Gasteiger charge is -2.37. The van der Waals surface area contributed by atoms with E-state index in [-0.39, 0.29) is 6.04 Å². The molecular weight excluding hydrogens is 286 g/mol. The van der Waals surface area contributed by atoms with Crippen LogP contribution in [0.15, 0.2) is 54.9 Å². The van der Waals surface area contributed by atoms with E-state index in [0.717, 1.165) is 18.5 Å². The van der Waals surface area contributed by atoms with E-state index in [2.05, 4.69) is 47.1 Å². The van der Waals surface area contributed by atoms with E-state index in [0.29, 0.717) is 13.0 Å². The van der Waals surface area contributed by atoms with Gasteiger partial charge in [-0.05, 0) is 31.0 Å². The molecule has 2 aromatic rings. The first kappa shape index (κ1) is 15.7. The van der Waals surface area contributed by atoms with Crippen LogP contribution in [0, 0.1) is 11.3 Å². The van der Waals surface area contributed by atoms with E-state index in [4.69, 9.17) is 10.00 Å². The first-order valence-corrected chi connectivity index (χ1v) is 7.96. The summed E-state index contributed by atoms with van der Waals surface area (Å²) < 4.78 is 6.21. The predicted molar refractivity (Wildman–Crippen MR) is 88.2 cm³/mol. The highest BCUT2D eigenvalue weighted by atomic mass is 16.5. The smallest absolute Gasteiger partial charge is 0.145 e. The van der Waals surface area contributed by atoms with Gasteiger partial charge in [0, 0.05) is 37.0 Å². The van der Waals surface area contributed by atoms with Gasteiger partial charge in [0.1, 0.15) is 5.72 Å². The van der Waals surface area contributed by atoms with Crippen molar-refractivity contribution in [2.75, 3.05) is 6.61 Å². The molecule has 4 heteroatoms. The molecule has 0 bridgehead atoms. The largest absolute Gasteiger partial charge is 0.355 e. The Hall–Kier alpha value is -2.22. The Balaban J connectivity index is 1.90. The van der Waals surface area contributed by atoms with Crippen molar-refractivity contribution in [1.82, 2.24) is 9.88 Å². The summed E-state index contributed by atoms with van der Waals surface area (Å²) in [6, 6.07) is 16.9. The number of hydrogen-bond donors (Lipinski definition) is 0. The maximum Gasteiger partial charge on any atom is 0.145 e. The van der Waals surface area contributed by atoms with Crippen LogP contribution in [0.1, 0.15) is 30.9 Å². The van der Waals surface area contributed by atoms with Gasteiger partial charge in [-0.15, -0.1) is 0 Å². The summed E-state index contributed by atoms with van der Waals surface area (Å²) in [5.41, 5.74) is 1.86. The van der Waals surface area contributed by atoms with Gasteiger partial charge in [-0.3, -0.25) is 9.88 Å². The first-order valence-electron chi connectivity index (χ1n) is 7.96. The fourth-order valence-corrected chi connectivity index (χ4v) is 3.22. The van der Waals surface area contributed by atoms with Gasteiger partial charge in [0.05, 0.1) is 12.7 Å². The van der Waals surface area contributed by atoms with E-state index in [9.17, 15) is 0 Å². The Morgan fingerprint density at radius 1 is 1.26 bits per heavy atom. The van der Waals surface area contributed by atoms with Gasteiger partial charge >= 0.3 is 0 Å². The molecular formula is C19H21N3O. The molecule has 1 aliphatic heterocycles. The second kappa shape index (κ2) is 6.91. The van der Waals surface area contributed by atoms with Gasteiger partial charge in [0.25, 0.3) is 0 Å². The van der Waals surface area contributed by atoms with Gasteiger partial charge < -0.3 is 4.74 Å². The lowest BCUT2D eigenvalue weighted by atomic mass is 10.0. The standard InChI is InChI=1S/C19H21N3O/c1-19(17-9-12-21-13-10-17)22(14-16-6-3-2-4-7-16)18(15-23-19)8-5-11-20/h2-4,6-7,9-10,12-13,18H,5,8,14-15H2,1H3/t18-,19-/m1/s1. The van der Waals surface area contributed by atoms with Crippen molar-refractivity contribution in [1.29, 1.82) is 5.26 Å². The minimum atomic E-state index is -0.487. The number of nitriles is 1. The first-order chi connectivity index (χ1) is 11.2.